The zero-order valence-electron chi connectivity index (χ0n) is 13.9. The number of para-hydroxylation sites is 3. The monoisotopic (exact) mass is 321 g/mol. The van der Waals surface area contributed by atoms with Gasteiger partial charge < -0.3 is 10.1 Å². The van der Waals surface area contributed by atoms with Crippen LogP contribution < -0.4 is 10.1 Å². The van der Waals surface area contributed by atoms with Crippen molar-refractivity contribution < 1.29 is 9.53 Å². The van der Waals surface area contributed by atoms with Crippen LogP contribution in [0.15, 0.2) is 54.6 Å². The molecule has 0 saturated carbocycles. The summed E-state index contributed by atoms with van der Waals surface area (Å²) in [5.41, 5.74) is 3.62. The first-order chi connectivity index (χ1) is 11.6. The molecule has 0 unspecified atom stereocenters. The molecule has 5 nitrogen and oxygen atoms in total. The summed E-state index contributed by atoms with van der Waals surface area (Å²) in [6.07, 6.45) is 0. The number of hydrogen-bond acceptors (Lipinski definition) is 3. The van der Waals surface area contributed by atoms with Crippen LogP contribution in [-0.2, 0) is 0 Å². The van der Waals surface area contributed by atoms with Crippen LogP contribution in [0.1, 0.15) is 21.7 Å². The van der Waals surface area contributed by atoms with Crippen LogP contribution in [0.25, 0.3) is 5.69 Å². The van der Waals surface area contributed by atoms with Crippen molar-refractivity contribution >= 4 is 11.6 Å². The molecule has 3 aromatic rings. The van der Waals surface area contributed by atoms with Gasteiger partial charge in [0.1, 0.15) is 5.75 Å². The average molecular weight is 321 g/mol. The molecule has 0 spiro atoms. The summed E-state index contributed by atoms with van der Waals surface area (Å²) in [6, 6.07) is 17.1. The number of amides is 1. The molecular formula is C19H19N3O2. The second kappa shape index (κ2) is 6.58. The molecule has 5 heteroatoms. The fourth-order valence-electron chi connectivity index (χ4n) is 2.72. The SMILES string of the molecule is COc1ccccc1NC(=O)c1c(C)nn(-c2ccccc2)c1C. The minimum Gasteiger partial charge on any atom is -0.495 e. The maximum Gasteiger partial charge on any atom is 0.259 e. The molecule has 24 heavy (non-hydrogen) atoms. The molecule has 0 aliphatic rings. The number of carbonyl (C=O) groups is 1. The van der Waals surface area contributed by atoms with Gasteiger partial charge in [-0.3, -0.25) is 4.79 Å². The first kappa shape index (κ1) is 15.8. The highest BCUT2D eigenvalue weighted by Crippen LogP contribution is 2.25. The van der Waals surface area contributed by atoms with Crippen molar-refractivity contribution in [1.82, 2.24) is 9.78 Å². The summed E-state index contributed by atoms with van der Waals surface area (Å²) in [6.45, 7) is 3.73. The maximum absolute atomic E-state index is 12.7. The standard InChI is InChI=1S/C19H19N3O2/c1-13-18(14(2)22(21-13)15-9-5-4-6-10-15)19(23)20-16-11-7-8-12-17(16)24-3/h4-12H,1-3H3,(H,20,23). The molecule has 1 N–H and O–H groups in total. The van der Waals surface area contributed by atoms with E-state index in [4.69, 9.17) is 4.74 Å². The number of anilines is 1. The summed E-state index contributed by atoms with van der Waals surface area (Å²) in [4.78, 5) is 12.7. The average Bonchev–Trinajstić information content (AvgIpc) is 2.90. The van der Waals surface area contributed by atoms with Gasteiger partial charge in [-0.25, -0.2) is 4.68 Å². The molecule has 1 aromatic heterocycles. The van der Waals surface area contributed by atoms with E-state index in [9.17, 15) is 4.79 Å². The van der Waals surface area contributed by atoms with Crippen molar-refractivity contribution in [2.24, 2.45) is 0 Å². The Morgan fingerprint density at radius 1 is 1.04 bits per heavy atom. The quantitative estimate of drug-likeness (QED) is 0.796. The van der Waals surface area contributed by atoms with Gasteiger partial charge in [0.05, 0.1) is 35.4 Å². The zero-order chi connectivity index (χ0) is 17.1. The van der Waals surface area contributed by atoms with E-state index in [1.807, 2.05) is 68.4 Å². The molecule has 1 heterocycles. The van der Waals surface area contributed by atoms with Crippen molar-refractivity contribution in [2.45, 2.75) is 13.8 Å². The summed E-state index contributed by atoms with van der Waals surface area (Å²) in [7, 11) is 1.58. The number of carbonyl (C=O) groups excluding carboxylic acids is 1. The molecule has 2 aromatic carbocycles. The second-order valence-electron chi connectivity index (χ2n) is 5.45. The number of rotatable bonds is 4. The Labute approximate surface area is 140 Å². The van der Waals surface area contributed by atoms with Crippen LogP contribution in [0.3, 0.4) is 0 Å². The van der Waals surface area contributed by atoms with E-state index in [0.717, 1.165) is 11.4 Å². The summed E-state index contributed by atoms with van der Waals surface area (Å²) < 4.78 is 7.07. The number of aryl methyl sites for hydroxylation is 1. The van der Waals surface area contributed by atoms with E-state index in [2.05, 4.69) is 10.4 Å². The van der Waals surface area contributed by atoms with Gasteiger partial charge in [-0.2, -0.15) is 5.10 Å². The fraction of sp³-hybridized carbons (Fsp3) is 0.158. The van der Waals surface area contributed by atoms with E-state index in [-0.39, 0.29) is 5.91 Å². The number of nitrogens with zero attached hydrogens (tertiary/aromatic N) is 2. The van der Waals surface area contributed by atoms with Crippen LogP contribution in [0.2, 0.25) is 0 Å². The van der Waals surface area contributed by atoms with Gasteiger partial charge in [0.2, 0.25) is 0 Å². The van der Waals surface area contributed by atoms with E-state index < -0.39 is 0 Å². The third kappa shape index (κ3) is 2.88. The topological polar surface area (TPSA) is 56.1 Å². The van der Waals surface area contributed by atoms with E-state index >= 15 is 0 Å². The van der Waals surface area contributed by atoms with Gasteiger partial charge in [-0.05, 0) is 38.1 Å². The minimum absolute atomic E-state index is 0.198. The van der Waals surface area contributed by atoms with Gasteiger partial charge in [-0.1, -0.05) is 30.3 Å². The van der Waals surface area contributed by atoms with Crippen LogP contribution >= 0.6 is 0 Å². The van der Waals surface area contributed by atoms with Crippen molar-refractivity contribution in [3.05, 3.63) is 71.5 Å². The maximum atomic E-state index is 12.7. The largest absolute Gasteiger partial charge is 0.495 e. The number of methoxy groups -OCH3 is 1. The lowest BCUT2D eigenvalue weighted by atomic mass is 10.1. The zero-order valence-corrected chi connectivity index (χ0v) is 13.9. The number of nitrogens with one attached hydrogen (secondary N) is 1. The third-order valence-electron chi connectivity index (χ3n) is 3.87. The minimum atomic E-state index is -0.198. The number of ether oxygens (including phenoxy) is 1. The van der Waals surface area contributed by atoms with Crippen molar-refractivity contribution in [3.8, 4) is 11.4 Å². The Kier molecular flexibility index (Phi) is 4.33. The molecule has 0 radical (unpaired) electrons. The second-order valence-corrected chi connectivity index (χ2v) is 5.45. The molecule has 0 saturated heterocycles. The predicted octanol–water partition coefficient (Wildman–Crippen LogP) is 3.75. The molecule has 0 aliphatic heterocycles. The summed E-state index contributed by atoms with van der Waals surface area (Å²) in [5, 5.41) is 7.42. The Bertz CT molecular complexity index is 870. The number of hydrogen-bond donors (Lipinski definition) is 1. The Hall–Kier alpha value is -3.08. The van der Waals surface area contributed by atoms with Gasteiger partial charge in [0, 0.05) is 0 Å². The Morgan fingerprint density at radius 2 is 1.71 bits per heavy atom. The third-order valence-corrected chi connectivity index (χ3v) is 3.87. The molecule has 3 rings (SSSR count). The highest BCUT2D eigenvalue weighted by Gasteiger charge is 2.20. The lowest BCUT2D eigenvalue weighted by Gasteiger charge is -2.10. The number of aromatic nitrogens is 2. The summed E-state index contributed by atoms with van der Waals surface area (Å²) >= 11 is 0. The van der Waals surface area contributed by atoms with Crippen LogP contribution in [0.4, 0.5) is 5.69 Å². The fourth-order valence-corrected chi connectivity index (χ4v) is 2.72. The van der Waals surface area contributed by atoms with Crippen molar-refractivity contribution in [2.75, 3.05) is 12.4 Å². The summed E-state index contributed by atoms with van der Waals surface area (Å²) in [5.74, 6) is 0.424. The van der Waals surface area contributed by atoms with Gasteiger partial charge >= 0.3 is 0 Å². The first-order valence-corrected chi connectivity index (χ1v) is 7.68. The normalized spacial score (nSPS) is 10.5. The molecule has 0 bridgehead atoms. The predicted molar refractivity (Wildman–Crippen MR) is 94.0 cm³/mol. The van der Waals surface area contributed by atoms with Crippen LogP contribution in [0, 0.1) is 13.8 Å². The highest BCUT2D eigenvalue weighted by molar-refractivity contribution is 6.06. The molecular weight excluding hydrogens is 302 g/mol. The van der Waals surface area contributed by atoms with Gasteiger partial charge in [-0.15, -0.1) is 0 Å². The molecule has 122 valence electrons. The Morgan fingerprint density at radius 3 is 2.42 bits per heavy atom. The van der Waals surface area contributed by atoms with Gasteiger partial charge in [0.25, 0.3) is 5.91 Å². The molecule has 0 aliphatic carbocycles. The molecule has 0 fully saturated rings. The first-order valence-electron chi connectivity index (χ1n) is 7.68. The van der Waals surface area contributed by atoms with Gasteiger partial charge in [0.15, 0.2) is 0 Å². The molecule has 0 atom stereocenters. The Balaban J connectivity index is 1.95. The number of benzene rings is 2. The molecule has 1 amide bonds. The highest BCUT2D eigenvalue weighted by atomic mass is 16.5. The van der Waals surface area contributed by atoms with Crippen molar-refractivity contribution in [1.29, 1.82) is 0 Å². The van der Waals surface area contributed by atoms with Crippen LogP contribution in [-0.4, -0.2) is 22.8 Å². The van der Waals surface area contributed by atoms with Crippen molar-refractivity contribution in [3.63, 3.8) is 0 Å². The van der Waals surface area contributed by atoms with Crippen LogP contribution in [0.5, 0.6) is 5.75 Å². The lowest BCUT2D eigenvalue weighted by Crippen LogP contribution is -2.14. The van der Waals surface area contributed by atoms with E-state index in [1.54, 1.807) is 11.8 Å². The smallest absolute Gasteiger partial charge is 0.259 e. The van der Waals surface area contributed by atoms with E-state index in [1.165, 1.54) is 0 Å². The lowest BCUT2D eigenvalue weighted by molar-refractivity contribution is 0.102. The van der Waals surface area contributed by atoms with E-state index in [0.29, 0.717) is 22.7 Å².